The third-order valence-corrected chi connectivity index (χ3v) is 3.72. The first kappa shape index (κ1) is 16.4. The van der Waals surface area contributed by atoms with Gasteiger partial charge in [-0.3, -0.25) is 9.59 Å². The first-order valence-electron chi connectivity index (χ1n) is 7.19. The summed E-state index contributed by atoms with van der Waals surface area (Å²) in [5.74, 6) is -3.67. The highest BCUT2D eigenvalue weighted by Gasteiger charge is 2.24. The summed E-state index contributed by atoms with van der Waals surface area (Å²) in [4.78, 5) is 23.3. The normalized spacial score (nSPS) is 21.2. The summed E-state index contributed by atoms with van der Waals surface area (Å²) < 4.78 is 26.0. The Kier molecular flexibility index (Phi) is 5.43. The van der Waals surface area contributed by atoms with Gasteiger partial charge in [0.15, 0.2) is 0 Å². The van der Waals surface area contributed by atoms with Crippen LogP contribution < -0.4 is 10.6 Å². The molecule has 22 heavy (non-hydrogen) atoms. The summed E-state index contributed by atoms with van der Waals surface area (Å²) in [5.41, 5.74) is -0.129. The van der Waals surface area contributed by atoms with Crippen LogP contribution in [0.5, 0.6) is 0 Å². The van der Waals surface area contributed by atoms with Crippen LogP contribution in [0.2, 0.25) is 0 Å². The molecule has 120 valence electrons. The van der Waals surface area contributed by atoms with Crippen LogP contribution in [0.25, 0.3) is 0 Å². The molecule has 0 radical (unpaired) electrons. The van der Waals surface area contributed by atoms with E-state index < -0.39 is 29.6 Å². The van der Waals surface area contributed by atoms with Crippen LogP contribution in [0.4, 0.5) is 14.5 Å². The third-order valence-electron chi connectivity index (χ3n) is 3.72. The van der Waals surface area contributed by atoms with Crippen molar-refractivity contribution in [1.29, 1.82) is 0 Å². The summed E-state index contributed by atoms with van der Waals surface area (Å²) in [5, 5.41) is 14.3. The van der Waals surface area contributed by atoms with Gasteiger partial charge >= 0.3 is 11.8 Å². The second-order valence-corrected chi connectivity index (χ2v) is 5.43. The molecule has 2 atom stereocenters. The maximum atomic E-state index is 13.0. The molecule has 0 aliphatic heterocycles. The van der Waals surface area contributed by atoms with Crippen LogP contribution in [0.15, 0.2) is 18.2 Å². The van der Waals surface area contributed by atoms with E-state index in [9.17, 15) is 23.5 Å². The number of aliphatic hydroxyl groups excluding tert-OH is 1. The highest BCUT2D eigenvalue weighted by Crippen LogP contribution is 2.23. The molecule has 5 nitrogen and oxygen atoms in total. The van der Waals surface area contributed by atoms with Crippen molar-refractivity contribution in [2.24, 2.45) is 5.92 Å². The summed E-state index contributed by atoms with van der Waals surface area (Å²) in [6.07, 6.45) is 2.94. The molecule has 1 aromatic carbocycles. The number of halogens is 2. The van der Waals surface area contributed by atoms with Gasteiger partial charge in [-0.15, -0.1) is 0 Å². The highest BCUT2D eigenvalue weighted by atomic mass is 19.1. The van der Waals surface area contributed by atoms with Crippen molar-refractivity contribution in [2.45, 2.75) is 31.8 Å². The Morgan fingerprint density at radius 1 is 1.09 bits per heavy atom. The van der Waals surface area contributed by atoms with Crippen LogP contribution in [0.3, 0.4) is 0 Å². The van der Waals surface area contributed by atoms with Gasteiger partial charge in [0.25, 0.3) is 0 Å². The van der Waals surface area contributed by atoms with Crippen LogP contribution in [-0.4, -0.2) is 29.6 Å². The predicted octanol–water partition coefficient (Wildman–Crippen LogP) is 1.57. The second-order valence-electron chi connectivity index (χ2n) is 5.43. The van der Waals surface area contributed by atoms with Gasteiger partial charge in [0.2, 0.25) is 0 Å². The SMILES string of the molecule is O=C(NC[C@@H]1CCCC[C@H]1O)C(=O)Nc1cc(F)cc(F)c1. The molecule has 1 aliphatic carbocycles. The first-order chi connectivity index (χ1) is 10.5. The minimum Gasteiger partial charge on any atom is -0.393 e. The van der Waals surface area contributed by atoms with E-state index in [2.05, 4.69) is 10.6 Å². The standard InChI is InChI=1S/C15H18F2N2O3/c16-10-5-11(17)7-12(6-10)19-15(22)14(21)18-8-9-3-1-2-4-13(9)20/h5-7,9,13,20H,1-4,8H2,(H,18,21)(H,19,22)/t9-,13+/m0/s1. The average Bonchev–Trinajstić information content (AvgIpc) is 2.45. The Bertz CT molecular complexity index is 545. The van der Waals surface area contributed by atoms with Gasteiger partial charge in [0, 0.05) is 24.2 Å². The van der Waals surface area contributed by atoms with Crippen molar-refractivity contribution in [2.75, 3.05) is 11.9 Å². The molecule has 0 unspecified atom stereocenters. The molecule has 0 heterocycles. The predicted molar refractivity (Wildman–Crippen MR) is 76.0 cm³/mol. The Morgan fingerprint density at radius 2 is 1.73 bits per heavy atom. The maximum absolute atomic E-state index is 13.0. The number of hydrogen-bond acceptors (Lipinski definition) is 3. The lowest BCUT2D eigenvalue weighted by Crippen LogP contribution is -2.41. The van der Waals surface area contributed by atoms with Crippen LogP contribution >= 0.6 is 0 Å². The largest absolute Gasteiger partial charge is 0.393 e. The quantitative estimate of drug-likeness (QED) is 0.741. The lowest BCUT2D eigenvalue weighted by Gasteiger charge is -2.27. The number of carbonyl (C=O) groups excluding carboxylic acids is 2. The van der Waals surface area contributed by atoms with E-state index in [0.717, 1.165) is 31.4 Å². The van der Waals surface area contributed by atoms with Gasteiger partial charge < -0.3 is 15.7 Å². The maximum Gasteiger partial charge on any atom is 0.313 e. The summed E-state index contributed by atoms with van der Waals surface area (Å²) in [7, 11) is 0. The fourth-order valence-corrected chi connectivity index (χ4v) is 2.54. The lowest BCUT2D eigenvalue weighted by molar-refractivity contribution is -0.136. The second kappa shape index (κ2) is 7.31. The molecule has 1 aromatic rings. The molecule has 0 spiro atoms. The number of aliphatic hydroxyl groups is 1. The number of rotatable bonds is 3. The van der Waals surface area contributed by atoms with Crippen molar-refractivity contribution in [3.63, 3.8) is 0 Å². The topological polar surface area (TPSA) is 78.4 Å². The van der Waals surface area contributed by atoms with E-state index in [1.54, 1.807) is 0 Å². The van der Waals surface area contributed by atoms with Crippen LogP contribution in [0.1, 0.15) is 25.7 Å². The molecule has 0 aromatic heterocycles. The molecule has 1 fully saturated rings. The van der Waals surface area contributed by atoms with Crippen molar-refractivity contribution in [3.8, 4) is 0 Å². The summed E-state index contributed by atoms with van der Waals surface area (Å²) >= 11 is 0. The zero-order chi connectivity index (χ0) is 16.1. The Hall–Kier alpha value is -2.02. The minimum atomic E-state index is -1.00. The van der Waals surface area contributed by atoms with Crippen molar-refractivity contribution >= 4 is 17.5 Å². The van der Waals surface area contributed by atoms with E-state index in [1.807, 2.05) is 0 Å². The molecule has 0 saturated heterocycles. The van der Waals surface area contributed by atoms with Crippen LogP contribution in [-0.2, 0) is 9.59 Å². The van der Waals surface area contributed by atoms with Crippen molar-refractivity contribution in [1.82, 2.24) is 5.32 Å². The van der Waals surface area contributed by atoms with Crippen molar-refractivity contribution in [3.05, 3.63) is 29.8 Å². The monoisotopic (exact) mass is 312 g/mol. The number of amides is 2. The van der Waals surface area contributed by atoms with Gasteiger partial charge in [-0.05, 0) is 25.0 Å². The highest BCUT2D eigenvalue weighted by molar-refractivity contribution is 6.39. The molecule has 2 rings (SSSR count). The number of hydrogen-bond donors (Lipinski definition) is 3. The molecule has 1 saturated carbocycles. The number of nitrogens with one attached hydrogen (secondary N) is 2. The molecule has 3 N–H and O–H groups in total. The molecule has 1 aliphatic rings. The van der Waals surface area contributed by atoms with Gasteiger partial charge in [-0.25, -0.2) is 8.78 Å². The average molecular weight is 312 g/mol. The van der Waals surface area contributed by atoms with E-state index in [4.69, 9.17) is 0 Å². The molecular weight excluding hydrogens is 294 g/mol. The zero-order valence-corrected chi connectivity index (χ0v) is 11.9. The van der Waals surface area contributed by atoms with Gasteiger partial charge in [-0.1, -0.05) is 12.8 Å². The molecular formula is C15H18F2N2O3. The fraction of sp³-hybridized carbons (Fsp3) is 0.467. The fourth-order valence-electron chi connectivity index (χ4n) is 2.54. The smallest absolute Gasteiger partial charge is 0.313 e. The van der Waals surface area contributed by atoms with E-state index in [-0.39, 0.29) is 18.2 Å². The summed E-state index contributed by atoms with van der Waals surface area (Å²) in [6, 6.07) is 2.50. The Balaban J connectivity index is 1.85. The molecule has 7 heteroatoms. The van der Waals surface area contributed by atoms with Crippen LogP contribution in [0, 0.1) is 17.6 Å². The summed E-state index contributed by atoms with van der Waals surface area (Å²) in [6.45, 7) is 0.199. The van der Waals surface area contributed by atoms with Gasteiger partial charge in [-0.2, -0.15) is 0 Å². The van der Waals surface area contributed by atoms with Crippen molar-refractivity contribution < 1.29 is 23.5 Å². The van der Waals surface area contributed by atoms with E-state index in [1.165, 1.54) is 0 Å². The molecule has 0 bridgehead atoms. The number of benzene rings is 1. The molecule has 2 amide bonds. The first-order valence-corrected chi connectivity index (χ1v) is 7.19. The van der Waals surface area contributed by atoms with Gasteiger partial charge in [0.1, 0.15) is 11.6 Å². The van der Waals surface area contributed by atoms with E-state index in [0.29, 0.717) is 12.5 Å². The van der Waals surface area contributed by atoms with Gasteiger partial charge in [0.05, 0.1) is 6.10 Å². The lowest BCUT2D eigenvalue weighted by atomic mass is 9.86. The number of carbonyl (C=O) groups is 2. The Morgan fingerprint density at radius 3 is 2.36 bits per heavy atom. The Labute approximate surface area is 126 Å². The third kappa shape index (κ3) is 4.49. The number of anilines is 1. The van der Waals surface area contributed by atoms with E-state index >= 15 is 0 Å². The minimum absolute atomic E-state index is 0.0721. The zero-order valence-electron chi connectivity index (χ0n) is 11.9.